The predicted octanol–water partition coefficient (Wildman–Crippen LogP) is 2.41. The highest BCUT2D eigenvalue weighted by atomic mass is 79.9. The molecule has 0 heterocycles. The van der Waals surface area contributed by atoms with Crippen molar-refractivity contribution in [2.45, 2.75) is 31.3 Å². The first-order chi connectivity index (χ1) is 8.91. The maximum atomic E-state index is 12.4. The maximum Gasteiger partial charge on any atom is 0.254 e. The second kappa shape index (κ2) is 5.51. The number of hydrogen-bond acceptors (Lipinski definition) is 3. The molecule has 5 heteroatoms. The van der Waals surface area contributed by atoms with Crippen LogP contribution in [-0.2, 0) is 0 Å². The van der Waals surface area contributed by atoms with Crippen LogP contribution in [0.15, 0.2) is 22.7 Å². The highest BCUT2D eigenvalue weighted by molar-refractivity contribution is 9.10. The Hall–Kier alpha value is -1.07. The Bertz CT molecular complexity index is 484. The molecule has 0 spiro atoms. The number of benzene rings is 1. The number of nitrogen functional groups attached to an aromatic ring is 1. The van der Waals surface area contributed by atoms with E-state index in [1.54, 1.807) is 30.1 Å². The number of hydrogen-bond donors (Lipinski definition) is 2. The third-order valence-corrected chi connectivity index (χ3v) is 4.32. The van der Waals surface area contributed by atoms with E-state index in [-0.39, 0.29) is 5.91 Å². The number of carbonyl (C=O) groups excluding carboxylic acids is 1. The number of aliphatic hydroxyl groups is 1. The first-order valence-electron chi connectivity index (χ1n) is 6.44. The molecule has 0 radical (unpaired) electrons. The van der Waals surface area contributed by atoms with Crippen molar-refractivity contribution in [2.24, 2.45) is 0 Å². The maximum absolute atomic E-state index is 12.4. The lowest BCUT2D eigenvalue weighted by atomic mass is 10.0. The first-order valence-corrected chi connectivity index (χ1v) is 7.23. The van der Waals surface area contributed by atoms with E-state index in [1.807, 2.05) is 0 Å². The fourth-order valence-electron chi connectivity index (χ4n) is 2.62. The topological polar surface area (TPSA) is 66.6 Å². The van der Waals surface area contributed by atoms with Gasteiger partial charge in [-0.05, 0) is 47.0 Å². The molecule has 0 saturated heterocycles. The number of halogens is 1. The summed E-state index contributed by atoms with van der Waals surface area (Å²) in [6, 6.07) is 5.16. The number of nitrogens with zero attached hydrogens (tertiary/aromatic N) is 1. The predicted molar refractivity (Wildman–Crippen MR) is 78.9 cm³/mol. The molecule has 1 saturated carbocycles. The lowest BCUT2D eigenvalue weighted by Crippen LogP contribution is -2.42. The monoisotopic (exact) mass is 326 g/mol. The van der Waals surface area contributed by atoms with Gasteiger partial charge in [0.15, 0.2) is 0 Å². The molecule has 0 bridgehead atoms. The molecule has 1 aromatic rings. The number of rotatable bonds is 3. The first kappa shape index (κ1) is 14.3. The van der Waals surface area contributed by atoms with E-state index in [1.165, 1.54) is 0 Å². The Morgan fingerprint density at radius 2 is 2.11 bits per heavy atom. The summed E-state index contributed by atoms with van der Waals surface area (Å²) in [7, 11) is 1.72. The lowest BCUT2D eigenvalue weighted by molar-refractivity contribution is 0.0156. The van der Waals surface area contributed by atoms with Crippen LogP contribution in [0.5, 0.6) is 0 Å². The zero-order valence-electron chi connectivity index (χ0n) is 11.0. The molecule has 4 nitrogen and oxygen atoms in total. The SMILES string of the molecule is CN(CC1(O)CCCC1)C(=O)c1cc(N)ccc1Br. The molecule has 0 aromatic heterocycles. The molecule has 3 N–H and O–H groups in total. The van der Waals surface area contributed by atoms with Crippen molar-refractivity contribution in [3.63, 3.8) is 0 Å². The van der Waals surface area contributed by atoms with Crippen molar-refractivity contribution in [3.05, 3.63) is 28.2 Å². The van der Waals surface area contributed by atoms with E-state index >= 15 is 0 Å². The van der Waals surface area contributed by atoms with Crippen LogP contribution < -0.4 is 5.73 Å². The smallest absolute Gasteiger partial charge is 0.254 e. The van der Waals surface area contributed by atoms with Crippen molar-refractivity contribution < 1.29 is 9.90 Å². The van der Waals surface area contributed by atoms with Crippen molar-refractivity contribution >= 4 is 27.5 Å². The number of nitrogens with two attached hydrogens (primary N) is 1. The van der Waals surface area contributed by atoms with Crippen molar-refractivity contribution in [1.29, 1.82) is 0 Å². The van der Waals surface area contributed by atoms with Gasteiger partial charge >= 0.3 is 0 Å². The number of amides is 1. The molecule has 2 rings (SSSR count). The van der Waals surface area contributed by atoms with Gasteiger partial charge in [0, 0.05) is 23.8 Å². The van der Waals surface area contributed by atoms with Crippen LogP contribution in [0.1, 0.15) is 36.0 Å². The van der Waals surface area contributed by atoms with Crippen molar-refractivity contribution in [1.82, 2.24) is 4.90 Å². The van der Waals surface area contributed by atoms with Gasteiger partial charge in [-0.1, -0.05) is 12.8 Å². The Morgan fingerprint density at radius 3 is 2.74 bits per heavy atom. The molecule has 0 atom stereocenters. The zero-order chi connectivity index (χ0) is 14.0. The molecular weight excluding hydrogens is 308 g/mol. The standard InChI is InChI=1S/C14H19BrN2O2/c1-17(9-14(19)6-2-3-7-14)13(18)11-8-10(16)4-5-12(11)15/h4-5,8,19H,2-3,6-7,9,16H2,1H3. The Labute approximate surface area is 121 Å². The molecule has 0 aliphatic heterocycles. The lowest BCUT2D eigenvalue weighted by Gasteiger charge is -2.29. The molecule has 1 aliphatic carbocycles. The van der Waals surface area contributed by atoms with Gasteiger partial charge in [-0.3, -0.25) is 4.79 Å². The van der Waals surface area contributed by atoms with Gasteiger partial charge in [0.25, 0.3) is 5.91 Å². The summed E-state index contributed by atoms with van der Waals surface area (Å²) in [5.74, 6) is -0.125. The minimum absolute atomic E-state index is 0.125. The van der Waals surface area contributed by atoms with E-state index in [0.717, 1.165) is 30.2 Å². The molecule has 0 unspecified atom stereocenters. The van der Waals surface area contributed by atoms with Crippen LogP contribution in [-0.4, -0.2) is 35.1 Å². The largest absolute Gasteiger partial charge is 0.399 e. The third kappa shape index (κ3) is 3.28. The minimum Gasteiger partial charge on any atom is -0.399 e. The van der Waals surface area contributed by atoms with Gasteiger partial charge in [-0.15, -0.1) is 0 Å². The molecular formula is C14H19BrN2O2. The summed E-state index contributed by atoms with van der Waals surface area (Å²) in [6.07, 6.45) is 3.59. The van der Waals surface area contributed by atoms with Crippen LogP contribution in [0, 0.1) is 0 Å². The normalized spacial score (nSPS) is 17.4. The van der Waals surface area contributed by atoms with Gasteiger partial charge in [-0.25, -0.2) is 0 Å². The number of anilines is 1. The molecule has 1 aliphatic rings. The van der Waals surface area contributed by atoms with E-state index in [9.17, 15) is 9.90 Å². The van der Waals surface area contributed by atoms with Gasteiger partial charge in [0.05, 0.1) is 11.2 Å². The Balaban J connectivity index is 2.12. The highest BCUT2D eigenvalue weighted by Gasteiger charge is 2.33. The Kier molecular flexibility index (Phi) is 4.16. The summed E-state index contributed by atoms with van der Waals surface area (Å²) in [5, 5.41) is 10.4. The van der Waals surface area contributed by atoms with E-state index in [2.05, 4.69) is 15.9 Å². The van der Waals surface area contributed by atoms with Crippen LogP contribution >= 0.6 is 15.9 Å². The zero-order valence-corrected chi connectivity index (χ0v) is 12.6. The van der Waals surface area contributed by atoms with E-state index < -0.39 is 5.60 Å². The summed E-state index contributed by atoms with van der Waals surface area (Å²) in [5.41, 5.74) is 6.08. The molecule has 1 amide bonds. The second-order valence-electron chi connectivity index (χ2n) is 5.33. The minimum atomic E-state index is -0.725. The van der Waals surface area contributed by atoms with Gasteiger partial charge in [0.2, 0.25) is 0 Å². The number of carbonyl (C=O) groups is 1. The average Bonchev–Trinajstić information content (AvgIpc) is 2.78. The van der Waals surface area contributed by atoms with E-state index in [0.29, 0.717) is 17.8 Å². The second-order valence-corrected chi connectivity index (χ2v) is 6.19. The van der Waals surface area contributed by atoms with Crippen LogP contribution in [0.4, 0.5) is 5.69 Å². The fraction of sp³-hybridized carbons (Fsp3) is 0.500. The highest BCUT2D eigenvalue weighted by Crippen LogP contribution is 2.30. The molecule has 104 valence electrons. The summed E-state index contributed by atoms with van der Waals surface area (Å²) in [6.45, 7) is 0.368. The fourth-order valence-corrected chi connectivity index (χ4v) is 3.03. The molecule has 19 heavy (non-hydrogen) atoms. The quantitative estimate of drug-likeness (QED) is 0.838. The molecule has 1 fully saturated rings. The number of likely N-dealkylation sites (N-methyl/N-ethyl adjacent to an activating group) is 1. The van der Waals surface area contributed by atoms with Crippen molar-refractivity contribution in [3.8, 4) is 0 Å². The van der Waals surface area contributed by atoms with Crippen LogP contribution in [0.2, 0.25) is 0 Å². The van der Waals surface area contributed by atoms with Crippen LogP contribution in [0.3, 0.4) is 0 Å². The van der Waals surface area contributed by atoms with Crippen LogP contribution in [0.25, 0.3) is 0 Å². The third-order valence-electron chi connectivity index (χ3n) is 3.63. The summed E-state index contributed by atoms with van der Waals surface area (Å²) < 4.78 is 0.719. The summed E-state index contributed by atoms with van der Waals surface area (Å²) >= 11 is 3.36. The van der Waals surface area contributed by atoms with Crippen molar-refractivity contribution in [2.75, 3.05) is 19.3 Å². The summed E-state index contributed by atoms with van der Waals surface area (Å²) in [4.78, 5) is 14.0. The van der Waals surface area contributed by atoms with Gasteiger partial charge < -0.3 is 15.7 Å². The van der Waals surface area contributed by atoms with Gasteiger partial charge in [-0.2, -0.15) is 0 Å². The Morgan fingerprint density at radius 1 is 1.47 bits per heavy atom. The molecule has 1 aromatic carbocycles. The average molecular weight is 327 g/mol. The van der Waals surface area contributed by atoms with E-state index in [4.69, 9.17) is 5.73 Å². The van der Waals surface area contributed by atoms with Gasteiger partial charge in [0.1, 0.15) is 0 Å².